The highest BCUT2D eigenvalue weighted by Gasteiger charge is 2.43. The van der Waals surface area contributed by atoms with Crippen LogP contribution in [0.1, 0.15) is 19.3 Å². The molecule has 0 spiro atoms. The SMILES string of the molecule is N#CCC1(COc2cc(F)ccc2Br)CC1. The molecule has 1 aliphatic rings. The van der Waals surface area contributed by atoms with Gasteiger partial charge >= 0.3 is 0 Å². The number of hydrogen-bond acceptors (Lipinski definition) is 2. The van der Waals surface area contributed by atoms with E-state index < -0.39 is 0 Å². The molecule has 0 unspecified atom stereocenters. The number of nitriles is 1. The minimum absolute atomic E-state index is 0.0144. The Balaban J connectivity index is 2.00. The molecule has 1 saturated carbocycles. The quantitative estimate of drug-likeness (QED) is 0.845. The second kappa shape index (κ2) is 4.42. The van der Waals surface area contributed by atoms with Crippen molar-refractivity contribution < 1.29 is 9.13 Å². The fourth-order valence-electron chi connectivity index (χ4n) is 1.54. The molecule has 84 valence electrons. The lowest BCUT2D eigenvalue weighted by molar-refractivity contribution is 0.234. The highest BCUT2D eigenvalue weighted by molar-refractivity contribution is 9.10. The molecule has 2 rings (SSSR count). The van der Waals surface area contributed by atoms with Gasteiger partial charge in [-0.05, 0) is 40.9 Å². The van der Waals surface area contributed by atoms with Gasteiger partial charge in [0, 0.05) is 17.9 Å². The van der Waals surface area contributed by atoms with E-state index in [4.69, 9.17) is 10.00 Å². The summed E-state index contributed by atoms with van der Waals surface area (Å²) < 4.78 is 19.3. The summed E-state index contributed by atoms with van der Waals surface area (Å²) in [6.07, 6.45) is 2.56. The summed E-state index contributed by atoms with van der Waals surface area (Å²) in [5.74, 6) is 0.188. The van der Waals surface area contributed by atoms with Gasteiger partial charge in [0.1, 0.15) is 11.6 Å². The van der Waals surface area contributed by atoms with Crippen molar-refractivity contribution >= 4 is 15.9 Å². The van der Waals surface area contributed by atoms with Crippen LogP contribution < -0.4 is 4.74 Å². The Morgan fingerprint density at radius 2 is 2.25 bits per heavy atom. The van der Waals surface area contributed by atoms with Gasteiger partial charge < -0.3 is 4.74 Å². The third kappa shape index (κ3) is 2.53. The van der Waals surface area contributed by atoms with E-state index in [1.165, 1.54) is 12.1 Å². The first-order valence-electron chi connectivity index (χ1n) is 5.10. The summed E-state index contributed by atoms with van der Waals surface area (Å²) in [4.78, 5) is 0. The molecule has 0 aromatic heterocycles. The van der Waals surface area contributed by atoms with Crippen LogP contribution in [0.25, 0.3) is 0 Å². The second-order valence-electron chi connectivity index (χ2n) is 4.20. The van der Waals surface area contributed by atoms with Crippen molar-refractivity contribution in [1.82, 2.24) is 0 Å². The van der Waals surface area contributed by atoms with Gasteiger partial charge in [0.15, 0.2) is 0 Å². The monoisotopic (exact) mass is 283 g/mol. The van der Waals surface area contributed by atoms with Gasteiger partial charge in [-0.2, -0.15) is 5.26 Å². The minimum Gasteiger partial charge on any atom is -0.492 e. The van der Waals surface area contributed by atoms with Crippen molar-refractivity contribution in [2.75, 3.05) is 6.61 Å². The maximum Gasteiger partial charge on any atom is 0.136 e. The highest BCUT2D eigenvalue weighted by atomic mass is 79.9. The van der Waals surface area contributed by atoms with Crippen LogP contribution in [0.5, 0.6) is 5.75 Å². The molecule has 0 bridgehead atoms. The molecule has 0 N–H and O–H groups in total. The molecule has 0 aliphatic heterocycles. The molecule has 0 atom stereocenters. The standard InChI is InChI=1S/C12H11BrFNO/c13-10-2-1-9(14)7-11(10)16-8-12(3-4-12)5-6-15/h1-2,7H,3-5,8H2. The fourth-order valence-corrected chi connectivity index (χ4v) is 1.90. The van der Waals surface area contributed by atoms with E-state index in [0.717, 1.165) is 17.3 Å². The second-order valence-corrected chi connectivity index (χ2v) is 5.05. The predicted octanol–water partition coefficient (Wildman–Crippen LogP) is 3.66. The average molecular weight is 284 g/mol. The molecule has 0 amide bonds. The molecular weight excluding hydrogens is 273 g/mol. The summed E-state index contributed by atoms with van der Waals surface area (Å²) in [5.41, 5.74) is 0.0144. The smallest absolute Gasteiger partial charge is 0.136 e. The van der Waals surface area contributed by atoms with Crippen molar-refractivity contribution in [3.63, 3.8) is 0 Å². The summed E-state index contributed by atoms with van der Waals surface area (Å²) in [6.45, 7) is 0.489. The first-order chi connectivity index (χ1) is 7.65. The molecule has 16 heavy (non-hydrogen) atoms. The lowest BCUT2D eigenvalue weighted by atomic mass is 10.1. The molecule has 1 fully saturated rings. The zero-order chi connectivity index (χ0) is 11.6. The van der Waals surface area contributed by atoms with Crippen molar-refractivity contribution in [2.24, 2.45) is 5.41 Å². The van der Waals surface area contributed by atoms with E-state index in [1.54, 1.807) is 6.07 Å². The van der Waals surface area contributed by atoms with Crippen molar-refractivity contribution in [1.29, 1.82) is 5.26 Å². The van der Waals surface area contributed by atoms with Crippen molar-refractivity contribution in [3.05, 3.63) is 28.5 Å². The zero-order valence-corrected chi connectivity index (χ0v) is 10.3. The number of hydrogen-bond donors (Lipinski definition) is 0. The molecule has 2 nitrogen and oxygen atoms in total. The Labute approximate surface area is 102 Å². The van der Waals surface area contributed by atoms with Gasteiger partial charge in [0.2, 0.25) is 0 Å². The van der Waals surface area contributed by atoms with Gasteiger partial charge in [-0.25, -0.2) is 4.39 Å². The molecule has 0 saturated heterocycles. The molecule has 0 radical (unpaired) electrons. The number of benzene rings is 1. The molecular formula is C12H11BrFNO. The van der Waals surface area contributed by atoms with Gasteiger partial charge in [-0.1, -0.05) is 0 Å². The van der Waals surface area contributed by atoms with Crippen molar-refractivity contribution in [3.8, 4) is 11.8 Å². The van der Waals surface area contributed by atoms with Crippen LogP contribution in [-0.4, -0.2) is 6.61 Å². The van der Waals surface area contributed by atoms with Gasteiger partial charge in [0.25, 0.3) is 0 Å². The molecule has 0 heterocycles. The third-order valence-corrected chi connectivity index (χ3v) is 3.49. The maximum atomic E-state index is 13.0. The lowest BCUT2D eigenvalue weighted by Gasteiger charge is -2.13. The van der Waals surface area contributed by atoms with E-state index >= 15 is 0 Å². The molecule has 1 aromatic rings. The number of rotatable bonds is 4. The molecule has 4 heteroatoms. The van der Waals surface area contributed by atoms with E-state index in [1.807, 2.05) is 0 Å². The highest BCUT2D eigenvalue weighted by Crippen LogP contribution is 2.49. The number of halogens is 2. The Bertz CT molecular complexity index is 437. The van der Waals surface area contributed by atoms with Crippen LogP contribution >= 0.6 is 15.9 Å². The van der Waals surface area contributed by atoms with E-state index in [2.05, 4.69) is 22.0 Å². The maximum absolute atomic E-state index is 13.0. The van der Waals surface area contributed by atoms with Crippen LogP contribution in [-0.2, 0) is 0 Å². The first-order valence-corrected chi connectivity index (χ1v) is 5.89. The third-order valence-electron chi connectivity index (χ3n) is 2.84. The summed E-state index contributed by atoms with van der Waals surface area (Å²) in [5, 5.41) is 8.66. The van der Waals surface area contributed by atoms with Gasteiger partial charge in [-0.3, -0.25) is 0 Å². The Morgan fingerprint density at radius 1 is 1.50 bits per heavy atom. The summed E-state index contributed by atoms with van der Waals surface area (Å²) in [6, 6.07) is 6.51. The van der Waals surface area contributed by atoms with Crippen LogP contribution in [0.2, 0.25) is 0 Å². The van der Waals surface area contributed by atoms with Crippen LogP contribution in [0.3, 0.4) is 0 Å². The topological polar surface area (TPSA) is 33.0 Å². The largest absolute Gasteiger partial charge is 0.492 e. The van der Waals surface area contributed by atoms with Crippen LogP contribution in [0, 0.1) is 22.6 Å². The average Bonchev–Trinajstić information content (AvgIpc) is 3.01. The Kier molecular flexibility index (Phi) is 3.15. The predicted molar refractivity (Wildman–Crippen MR) is 61.5 cm³/mol. The zero-order valence-electron chi connectivity index (χ0n) is 8.67. The Hall–Kier alpha value is -1.08. The molecule has 1 aromatic carbocycles. The van der Waals surface area contributed by atoms with E-state index in [-0.39, 0.29) is 11.2 Å². The fraction of sp³-hybridized carbons (Fsp3) is 0.417. The molecule has 1 aliphatic carbocycles. The van der Waals surface area contributed by atoms with E-state index in [0.29, 0.717) is 18.8 Å². The first kappa shape index (κ1) is 11.4. The van der Waals surface area contributed by atoms with Gasteiger partial charge in [-0.15, -0.1) is 0 Å². The minimum atomic E-state index is -0.316. The van der Waals surface area contributed by atoms with Crippen molar-refractivity contribution in [2.45, 2.75) is 19.3 Å². The number of ether oxygens (including phenoxy) is 1. The normalized spacial score (nSPS) is 16.6. The Morgan fingerprint density at radius 3 is 2.88 bits per heavy atom. The van der Waals surface area contributed by atoms with Gasteiger partial charge in [0.05, 0.1) is 17.1 Å². The summed E-state index contributed by atoms with van der Waals surface area (Å²) >= 11 is 3.30. The summed E-state index contributed by atoms with van der Waals surface area (Å²) in [7, 11) is 0. The number of nitrogens with zero attached hydrogens (tertiary/aromatic N) is 1. The van der Waals surface area contributed by atoms with E-state index in [9.17, 15) is 4.39 Å². The van der Waals surface area contributed by atoms with Crippen LogP contribution in [0.15, 0.2) is 22.7 Å². The van der Waals surface area contributed by atoms with Crippen LogP contribution in [0.4, 0.5) is 4.39 Å². The lowest BCUT2D eigenvalue weighted by Crippen LogP contribution is -2.12.